The third-order valence-electron chi connectivity index (χ3n) is 1.76. The van der Waals surface area contributed by atoms with E-state index in [1.807, 2.05) is 0 Å². The molecule has 0 saturated heterocycles. The number of aliphatic hydroxyl groups is 3. The van der Waals surface area contributed by atoms with Crippen molar-refractivity contribution in [3.63, 3.8) is 0 Å². The van der Waals surface area contributed by atoms with Gasteiger partial charge in [0.1, 0.15) is 0 Å². The van der Waals surface area contributed by atoms with Crippen LogP contribution in [-0.4, -0.2) is 60.6 Å². The lowest BCUT2D eigenvalue weighted by molar-refractivity contribution is -0.0177. The maximum atomic E-state index is 8.69. The van der Waals surface area contributed by atoms with Crippen LogP contribution < -0.4 is 0 Å². The largest absolute Gasteiger partial charge is 0.394 e. The number of rotatable bonds is 9. The molecule has 5 nitrogen and oxygen atoms in total. The predicted octanol–water partition coefficient (Wildman–Crippen LogP) is 0.560. The summed E-state index contributed by atoms with van der Waals surface area (Å²) in [5.41, 5.74) is 0. The Morgan fingerprint density at radius 2 is 1.76 bits per heavy atom. The van der Waals surface area contributed by atoms with E-state index >= 15 is 0 Å². The zero-order chi connectivity index (χ0) is 13.5. The van der Waals surface area contributed by atoms with E-state index in [1.54, 1.807) is 13.8 Å². The molecule has 0 aromatic carbocycles. The fourth-order valence-corrected chi connectivity index (χ4v) is 0.769. The van der Waals surface area contributed by atoms with Gasteiger partial charge in [-0.15, -0.1) is 0 Å². The van der Waals surface area contributed by atoms with Gasteiger partial charge in [0.25, 0.3) is 0 Å². The highest BCUT2D eigenvalue weighted by molar-refractivity contribution is 4.47. The van der Waals surface area contributed by atoms with Crippen LogP contribution in [0, 0.1) is 0 Å². The Bertz CT molecular complexity index is 124. The highest BCUT2D eigenvalue weighted by Gasteiger charge is 2.00. The Morgan fingerprint density at radius 3 is 2.18 bits per heavy atom. The third-order valence-corrected chi connectivity index (χ3v) is 1.76. The molecule has 0 bridgehead atoms. The number of unbranched alkanes of at least 4 members (excludes halogenated alkanes) is 1. The normalized spacial score (nSPS) is 13.8. The fraction of sp³-hybridized carbons (Fsp3) is 1.00. The lowest BCUT2D eigenvalue weighted by Crippen LogP contribution is -2.19. The Hall–Kier alpha value is -0.200. The topological polar surface area (TPSA) is 79.2 Å². The zero-order valence-electron chi connectivity index (χ0n) is 11.3. The average Bonchev–Trinajstić information content (AvgIpc) is 2.32. The Morgan fingerprint density at radius 1 is 1.12 bits per heavy atom. The summed E-state index contributed by atoms with van der Waals surface area (Å²) in [6.45, 7) is 7.23. The molecule has 0 rings (SSSR count). The lowest BCUT2D eigenvalue weighted by atomic mass is 10.4. The van der Waals surface area contributed by atoms with Crippen LogP contribution in [0.25, 0.3) is 0 Å². The fourth-order valence-electron chi connectivity index (χ4n) is 0.769. The highest BCUT2D eigenvalue weighted by atomic mass is 16.5. The van der Waals surface area contributed by atoms with Gasteiger partial charge < -0.3 is 24.8 Å². The molecule has 5 heteroatoms. The molecule has 0 aromatic heterocycles. The molecular formula is C12H28O5. The smallest absolute Gasteiger partial charge is 0.0779 e. The standard InChI is InChI=1S/C6H14O3.C6H14O2/c1-5(8)4-9-6(2)3-7;1-2-3-5-8-6-4-7/h5-8H,3-4H2,1-2H3;7H,2-6H2,1H3. The van der Waals surface area contributed by atoms with Crippen molar-refractivity contribution in [3.05, 3.63) is 0 Å². The molecular weight excluding hydrogens is 224 g/mol. The highest BCUT2D eigenvalue weighted by Crippen LogP contribution is 1.90. The first-order chi connectivity index (χ1) is 8.08. The van der Waals surface area contributed by atoms with E-state index in [0.717, 1.165) is 19.4 Å². The molecule has 0 aromatic rings. The van der Waals surface area contributed by atoms with Crippen molar-refractivity contribution in [2.75, 3.05) is 33.0 Å². The molecule has 0 radical (unpaired) electrons. The van der Waals surface area contributed by atoms with Crippen LogP contribution in [0.15, 0.2) is 0 Å². The minimum absolute atomic E-state index is 0.00667. The summed E-state index contributed by atoms with van der Waals surface area (Å²) in [6.07, 6.45) is 1.64. The van der Waals surface area contributed by atoms with Gasteiger partial charge in [-0.05, 0) is 20.3 Å². The Labute approximate surface area is 104 Å². The van der Waals surface area contributed by atoms with Crippen LogP contribution in [0.2, 0.25) is 0 Å². The molecule has 0 fully saturated rings. The van der Waals surface area contributed by atoms with E-state index in [-0.39, 0.29) is 19.3 Å². The van der Waals surface area contributed by atoms with Crippen LogP contribution in [-0.2, 0) is 9.47 Å². The van der Waals surface area contributed by atoms with Crippen LogP contribution in [0.3, 0.4) is 0 Å². The molecule has 0 saturated carbocycles. The summed E-state index contributed by atoms with van der Waals surface area (Å²) in [5, 5.41) is 25.4. The maximum absolute atomic E-state index is 8.69. The number of hydrogen-bond acceptors (Lipinski definition) is 5. The molecule has 2 atom stereocenters. The molecule has 0 spiro atoms. The number of aliphatic hydroxyl groups excluding tert-OH is 3. The molecule has 0 aliphatic carbocycles. The van der Waals surface area contributed by atoms with Crippen molar-refractivity contribution >= 4 is 0 Å². The third kappa shape index (κ3) is 21.6. The van der Waals surface area contributed by atoms with Gasteiger partial charge >= 0.3 is 0 Å². The van der Waals surface area contributed by atoms with Gasteiger partial charge in [0.05, 0.1) is 38.6 Å². The van der Waals surface area contributed by atoms with Crippen LogP contribution in [0.4, 0.5) is 0 Å². The van der Waals surface area contributed by atoms with Crippen LogP contribution in [0.1, 0.15) is 33.6 Å². The minimum atomic E-state index is -0.445. The van der Waals surface area contributed by atoms with Gasteiger partial charge in [0.2, 0.25) is 0 Å². The predicted molar refractivity (Wildman–Crippen MR) is 67.0 cm³/mol. The molecule has 17 heavy (non-hydrogen) atoms. The van der Waals surface area contributed by atoms with Gasteiger partial charge in [-0.25, -0.2) is 0 Å². The van der Waals surface area contributed by atoms with Crippen molar-refractivity contribution in [3.8, 4) is 0 Å². The average molecular weight is 252 g/mol. The van der Waals surface area contributed by atoms with Gasteiger partial charge in [-0.1, -0.05) is 13.3 Å². The second-order valence-electron chi connectivity index (χ2n) is 3.87. The summed E-state index contributed by atoms with van der Waals surface area (Å²) < 4.78 is 9.93. The monoisotopic (exact) mass is 252 g/mol. The molecule has 2 unspecified atom stereocenters. The van der Waals surface area contributed by atoms with Crippen molar-refractivity contribution in [1.29, 1.82) is 0 Å². The van der Waals surface area contributed by atoms with Crippen molar-refractivity contribution < 1.29 is 24.8 Å². The Balaban J connectivity index is 0. The van der Waals surface area contributed by atoms with E-state index < -0.39 is 6.10 Å². The summed E-state index contributed by atoms with van der Waals surface area (Å²) in [5.74, 6) is 0. The van der Waals surface area contributed by atoms with E-state index in [4.69, 9.17) is 24.8 Å². The second kappa shape index (κ2) is 15.8. The summed E-state index contributed by atoms with van der Waals surface area (Å²) in [6, 6.07) is 0. The van der Waals surface area contributed by atoms with Gasteiger partial charge in [0.15, 0.2) is 0 Å². The van der Waals surface area contributed by atoms with E-state index in [0.29, 0.717) is 13.2 Å². The van der Waals surface area contributed by atoms with E-state index in [9.17, 15) is 0 Å². The minimum Gasteiger partial charge on any atom is -0.394 e. The quantitative estimate of drug-likeness (QED) is 0.523. The van der Waals surface area contributed by atoms with Gasteiger partial charge in [-0.3, -0.25) is 0 Å². The first-order valence-electron chi connectivity index (χ1n) is 6.17. The van der Waals surface area contributed by atoms with E-state index in [2.05, 4.69) is 6.92 Å². The van der Waals surface area contributed by atoms with Gasteiger partial charge in [0, 0.05) is 6.61 Å². The molecule has 0 amide bonds. The summed E-state index contributed by atoms with van der Waals surface area (Å²) in [4.78, 5) is 0. The molecule has 0 aliphatic rings. The van der Waals surface area contributed by atoms with E-state index in [1.165, 1.54) is 0 Å². The van der Waals surface area contributed by atoms with Crippen molar-refractivity contribution in [2.45, 2.75) is 45.8 Å². The number of ether oxygens (including phenoxy) is 2. The molecule has 3 N–H and O–H groups in total. The first kappa shape index (κ1) is 19.1. The van der Waals surface area contributed by atoms with Crippen LogP contribution >= 0.6 is 0 Å². The van der Waals surface area contributed by atoms with Crippen molar-refractivity contribution in [1.82, 2.24) is 0 Å². The molecule has 0 heterocycles. The van der Waals surface area contributed by atoms with Crippen molar-refractivity contribution in [2.24, 2.45) is 0 Å². The summed E-state index contributed by atoms with van der Waals surface area (Å²) >= 11 is 0. The zero-order valence-corrected chi connectivity index (χ0v) is 11.3. The summed E-state index contributed by atoms with van der Waals surface area (Å²) in [7, 11) is 0. The Kier molecular flexibility index (Phi) is 17.8. The SMILES string of the molecule is CC(O)COC(C)CO.CCCCOCCO. The first-order valence-corrected chi connectivity index (χ1v) is 6.17. The lowest BCUT2D eigenvalue weighted by Gasteiger charge is -2.10. The molecule has 0 aliphatic heterocycles. The maximum Gasteiger partial charge on any atom is 0.0779 e. The number of hydrogen-bond donors (Lipinski definition) is 3. The van der Waals surface area contributed by atoms with Crippen LogP contribution in [0.5, 0.6) is 0 Å². The second-order valence-corrected chi connectivity index (χ2v) is 3.87. The molecule has 106 valence electrons. The van der Waals surface area contributed by atoms with Gasteiger partial charge in [-0.2, -0.15) is 0 Å².